The van der Waals surface area contributed by atoms with Crippen molar-refractivity contribution in [2.24, 2.45) is 0 Å². The van der Waals surface area contributed by atoms with Crippen molar-refractivity contribution in [1.29, 1.82) is 0 Å². The molecule has 0 atom stereocenters. The number of rotatable bonds is 4. The van der Waals surface area contributed by atoms with Crippen LogP contribution >= 0.6 is 11.3 Å². The van der Waals surface area contributed by atoms with E-state index in [2.05, 4.69) is 21.4 Å². The van der Waals surface area contributed by atoms with E-state index in [4.69, 9.17) is 0 Å². The second kappa shape index (κ2) is 6.62. The predicted molar refractivity (Wildman–Crippen MR) is 97.8 cm³/mol. The first kappa shape index (κ1) is 15.2. The Kier molecular flexibility index (Phi) is 4.39. The van der Waals surface area contributed by atoms with Gasteiger partial charge in [0.15, 0.2) is 0 Å². The zero-order valence-electron chi connectivity index (χ0n) is 12.9. The number of nitrogens with one attached hydrogen (secondary N) is 1. The lowest BCUT2D eigenvalue weighted by Gasteiger charge is -1.99. The monoisotopic (exact) mass is 323 g/mol. The summed E-state index contributed by atoms with van der Waals surface area (Å²) in [5.74, 6) is 1.12. The van der Waals surface area contributed by atoms with E-state index in [0.717, 1.165) is 32.2 Å². The van der Waals surface area contributed by atoms with Gasteiger partial charge in [0.1, 0.15) is 16.6 Å². The van der Waals surface area contributed by atoms with Crippen molar-refractivity contribution in [3.63, 3.8) is 0 Å². The third-order valence-electron chi connectivity index (χ3n) is 3.31. The van der Waals surface area contributed by atoms with Gasteiger partial charge in [-0.25, -0.2) is 9.97 Å². The lowest BCUT2D eigenvalue weighted by molar-refractivity contribution is 0.476. The smallest absolute Gasteiger partial charge is 0.125 e. The summed E-state index contributed by atoms with van der Waals surface area (Å²) in [6, 6.07) is 9.19. The van der Waals surface area contributed by atoms with E-state index in [-0.39, 0.29) is 5.75 Å². The molecule has 0 bridgehead atoms. The first-order valence-electron chi connectivity index (χ1n) is 7.24. The van der Waals surface area contributed by atoms with Gasteiger partial charge in [0.25, 0.3) is 0 Å². The second-order valence-corrected chi connectivity index (χ2v) is 6.21. The number of phenols is 1. The molecule has 0 aliphatic rings. The van der Waals surface area contributed by atoms with Gasteiger partial charge in [0.05, 0.1) is 10.2 Å². The van der Waals surface area contributed by atoms with Crippen molar-refractivity contribution in [3.05, 3.63) is 58.7 Å². The number of fused-ring (bicyclic) bond motifs is 1. The van der Waals surface area contributed by atoms with E-state index in [1.165, 1.54) is 0 Å². The van der Waals surface area contributed by atoms with Gasteiger partial charge in [-0.15, -0.1) is 11.3 Å². The minimum atomic E-state index is 0.269. The molecule has 0 saturated carbocycles. The number of nitrogens with zero attached hydrogens (tertiary/aromatic N) is 2. The molecular weight excluding hydrogens is 306 g/mol. The van der Waals surface area contributed by atoms with Crippen molar-refractivity contribution in [2.75, 3.05) is 12.4 Å². The summed E-state index contributed by atoms with van der Waals surface area (Å²) < 4.78 is 0.984. The molecule has 2 aromatic heterocycles. The van der Waals surface area contributed by atoms with Crippen LogP contribution in [0, 0.1) is 0 Å². The number of hydrogen-bond donors (Lipinski definition) is 2. The number of allylic oxidation sites excluding steroid dienone is 2. The van der Waals surface area contributed by atoms with Crippen molar-refractivity contribution < 1.29 is 5.11 Å². The van der Waals surface area contributed by atoms with Gasteiger partial charge >= 0.3 is 0 Å². The fourth-order valence-corrected chi connectivity index (χ4v) is 3.06. The van der Waals surface area contributed by atoms with Crippen LogP contribution in [0.3, 0.4) is 0 Å². The molecule has 0 unspecified atom stereocenters. The van der Waals surface area contributed by atoms with Crippen LogP contribution in [0.25, 0.3) is 22.4 Å². The zero-order valence-corrected chi connectivity index (χ0v) is 13.8. The average molecular weight is 323 g/mol. The highest BCUT2D eigenvalue weighted by molar-refractivity contribution is 7.19. The van der Waals surface area contributed by atoms with Crippen LogP contribution in [-0.4, -0.2) is 22.1 Å². The standard InChI is InChI=1S/C18H17N3OS/c1-12(9-13-4-7-17(19-2)20-11-13)3-8-18-21-15-6-5-14(22)10-16(15)23-18/h3-11,22H,1-2H3,(H,19,20)/b8-3+,12-9+. The number of aromatic hydroxyl groups is 1. The van der Waals surface area contributed by atoms with Gasteiger partial charge in [-0.2, -0.15) is 0 Å². The maximum Gasteiger partial charge on any atom is 0.125 e. The van der Waals surface area contributed by atoms with Crippen molar-refractivity contribution in [2.45, 2.75) is 6.92 Å². The molecule has 1 aromatic carbocycles. The number of aromatic nitrogens is 2. The summed E-state index contributed by atoms with van der Waals surface area (Å²) in [5, 5.41) is 13.4. The Hall–Kier alpha value is -2.66. The van der Waals surface area contributed by atoms with E-state index in [1.807, 2.05) is 50.5 Å². The average Bonchev–Trinajstić information content (AvgIpc) is 2.95. The summed E-state index contributed by atoms with van der Waals surface area (Å²) in [7, 11) is 1.85. The molecule has 0 aliphatic heterocycles. The number of benzene rings is 1. The molecule has 5 heteroatoms. The van der Waals surface area contributed by atoms with Gasteiger partial charge in [-0.3, -0.25) is 0 Å². The van der Waals surface area contributed by atoms with Crippen LogP contribution in [-0.2, 0) is 0 Å². The Morgan fingerprint density at radius 2 is 2.13 bits per heavy atom. The first-order valence-corrected chi connectivity index (χ1v) is 8.05. The Balaban J connectivity index is 1.77. The van der Waals surface area contributed by atoms with E-state index in [1.54, 1.807) is 23.5 Å². The lowest BCUT2D eigenvalue weighted by Crippen LogP contribution is -1.90. The van der Waals surface area contributed by atoms with Gasteiger partial charge in [-0.1, -0.05) is 17.7 Å². The molecule has 23 heavy (non-hydrogen) atoms. The molecule has 0 aliphatic carbocycles. The maximum absolute atomic E-state index is 9.50. The number of hydrogen-bond acceptors (Lipinski definition) is 5. The van der Waals surface area contributed by atoms with E-state index in [9.17, 15) is 5.11 Å². The van der Waals surface area contributed by atoms with Crippen molar-refractivity contribution in [3.8, 4) is 5.75 Å². The Bertz CT molecular complexity index is 879. The molecule has 0 spiro atoms. The van der Waals surface area contributed by atoms with Gasteiger partial charge in [-0.05, 0) is 48.9 Å². The Labute approximate surface area is 138 Å². The van der Waals surface area contributed by atoms with Crippen molar-refractivity contribution in [1.82, 2.24) is 9.97 Å². The topological polar surface area (TPSA) is 58.0 Å². The van der Waals surface area contributed by atoms with Crippen LogP contribution in [0.4, 0.5) is 5.82 Å². The minimum Gasteiger partial charge on any atom is -0.508 e. The van der Waals surface area contributed by atoms with Crippen LogP contribution in [0.2, 0.25) is 0 Å². The maximum atomic E-state index is 9.50. The van der Waals surface area contributed by atoms with E-state index < -0.39 is 0 Å². The van der Waals surface area contributed by atoms with Crippen LogP contribution in [0.5, 0.6) is 5.75 Å². The van der Waals surface area contributed by atoms with Gasteiger partial charge in [0.2, 0.25) is 0 Å². The highest BCUT2D eigenvalue weighted by atomic mass is 32.1. The fourth-order valence-electron chi connectivity index (χ4n) is 2.15. The molecule has 2 N–H and O–H groups in total. The number of thiazole rings is 1. The quantitative estimate of drug-likeness (QED) is 0.691. The molecule has 2 heterocycles. The molecule has 0 radical (unpaired) electrons. The Morgan fingerprint density at radius 1 is 1.26 bits per heavy atom. The summed E-state index contributed by atoms with van der Waals surface area (Å²) in [4.78, 5) is 8.82. The largest absolute Gasteiger partial charge is 0.508 e. The van der Waals surface area contributed by atoms with E-state index >= 15 is 0 Å². The van der Waals surface area contributed by atoms with Crippen LogP contribution in [0.15, 0.2) is 48.2 Å². The molecule has 0 amide bonds. The Morgan fingerprint density at radius 3 is 2.87 bits per heavy atom. The second-order valence-electron chi connectivity index (χ2n) is 5.15. The minimum absolute atomic E-state index is 0.269. The van der Waals surface area contributed by atoms with Crippen molar-refractivity contribution >= 4 is 39.5 Å². The van der Waals surface area contributed by atoms with Crippen LogP contribution in [0.1, 0.15) is 17.5 Å². The summed E-state index contributed by atoms with van der Waals surface area (Å²) in [5.41, 5.74) is 3.08. The molecule has 0 fully saturated rings. The molecule has 3 aromatic rings. The number of anilines is 1. The molecule has 4 nitrogen and oxygen atoms in total. The van der Waals surface area contributed by atoms with E-state index in [0.29, 0.717) is 0 Å². The number of pyridine rings is 1. The predicted octanol–water partition coefficient (Wildman–Crippen LogP) is 4.56. The van der Waals surface area contributed by atoms with Crippen LogP contribution < -0.4 is 5.32 Å². The highest BCUT2D eigenvalue weighted by Gasteiger charge is 2.01. The fraction of sp³-hybridized carbons (Fsp3) is 0.111. The lowest BCUT2D eigenvalue weighted by atomic mass is 10.2. The molecular formula is C18H17N3OS. The normalized spacial score (nSPS) is 12.2. The summed E-state index contributed by atoms with van der Waals surface area (Å²) in [6.45, 7) is 2.04. The molecule has 0 saturated heterocycles. The molecule has 116 valence electrons. The SMILES string of the molecule is CNc1ccc(/C=C(C)/C=C/c2nc3ccc(O)cc3s2)cn1. The third-order valence-corrected chi connectivity index (χ3v) is 4.30. The highest BCUT2D eigenvalue weighted by Crippen LogP contribution is 2.26. The summed E-state index contributed by atoms with van der Waals surface area (Å²) >= 11 is 1.56. The van der Waals surface area contributed by atoms with Gasteiger partial charge in [0, 0.05) is 13.2 Å². The first-order chi connectivity index (χ1) is 11.1. The number of phenolic OH excluding ortho intramolecular Hbond substituents is 1. The zero-order chi connectivity index (χ0) is 16.2. The van der Waals surface area contributed by atoms with Gasteiger partial charge < -0.3 is 10.4 Å². The third kappa shape index (κ3) is 3.76. The summed E-state index contributed by atoms with van der Waals surface area (Å²) in [6.07, 6.45) is 7.93. The molecule has 3 rings (SSSR count).